The van der Waals surface area contributed by atoms with Gasteiger partial charge in [0, 0.05) is 6.61 Å². The van der Waals surface area contributed by atoms with Crippen LogP contribution in [-0.2, 0) is 9.53 Å². The summed E-state index contributed by atoms with van der Waals surface area (Å²) in [6.45, 7) is 0.334. The molecule has 1 aliphatic rings. The van der Waals surface area contributed by atoms with E-state index in [0.717, 1.165) is 12.8 Å². The van der Waals surface area contributed by atoms with Gasteiger partial charge in [0.15, 0.2) is 5.60 Å². The Bertz CT molecular complexity index is 421. The van der Waals surface area contributed by atoms with Crippen LogP contribution in [0.3, 0.4) is 0 Å². The number of hydrogen-bond donors (Lipinski definition) is 2. The first-order valence-corrected chi connectivity index (χ1v) is 7.21. The van der Waals surface area contributed by atoms with Crippen LogP contribution in [0.1, 0.15) is 43.6 Å². The zero-order chi connectivity index (χ0) is 14.4. The summed E-state index contributed by atoms with van der Waals surface area (Å²) in [6.07, 6.45) is 3.21. The molecule has 0 amide bonds. The number of hydrogen-bond acceptors (Lipinski definition) is 3. The average Bonchev–Trinajstić information content (AvgIpc) is 2.49. The highest BCUT2D eigenvalue weighted by Crippen LogP contribution is 2.40. The van der Waals surface area contributed by atoms with Gasteiger partial charge in [-0.05, 0) is 43.6 Å². The van der Waals surface area contributed by atoms with Crippen LogP contribution in [0.2, 0.25) is 0 Å². The minimum Gasteiger partial charge on any atom is -0.479 e. The van der Waals surface area contributed by atoms with Gasteiger partial charge in [0.25, 0.3) is 0 Å². The molecule has 0 saturated heterocycles. The first-order chi connectivity index (χ1) is 9.68. The molecule has 110 valence electrons. The van der Waals surface area contributed by atoms with Gasteiger partial charge in [0.2, 0.25) is 0 Å². The molecule has 0 radical (unpaired) electrons. The van der Waals surface area contributed by atoms with E-state index in [1.165, 1.54) is 5.56 Å². The van der Waals surface area contributed by atoms with E-state index in [-0.39, 0.29) is 6.61 Å². The van der Waals surface area contributed by atoms with Gasteiger partial charge in [-0.3, -0.25) is 0 Å². The third-order valence-electron chi connectivity index (χ3n) is 4.13. The summed E-state index contributed by atoms with van der Waals surface area (Å²) in [6, 6.07) is 10.2. The van der Waals surface area contributed by atoms with Crippen LogP contribution >= 0.6 is 0 Å². The van der Waals surface area contributed by atoms with Crippen molar-refractivity contribution >= 4 is 5.97 Å². The van der Waals surface area contributed by atoms with Crippen LogP contribution in [-0.4, -0.2) is 35.0 Å². The normalized spacial score (nSPS) is 26.4. The Labute approximate surface area is 119 Å². The van der Waals surface area contributed by atoms with E-state index in [0.29, 0.717) is 31.8 Å². The monoisotopic (exact) mass is 278 g/mol. The summed E-state index contributed by atoms with van der Waals surface area (Å²) in [5, 5.41) is 18.2. The molecule has 2 N–H and O–H groups in total. The zero-order valence-electron chi connectivity index (χ0n) is 11.6. The van der Waals surface area contributed by atoms with Gasteiger partial charge in [-0.15, -0.1) is 0 Å². The molecule has 2 rings (SSSR count). The highest BCUT2D eigenvalue weighted by Gasteiger charge is 2.43. The van der Waals surface area contributed by atoms with Gasteiger partial charge in [0.05, 0.1) is 6.61 Å². The van der Waals surface area contributed by atoms with Crippen molar-refractivity contribution in [2.75, 3.05) is 13.2 Å². The summed E-state index contributed by atoms with van der Waals surface area (Å²) in [5.74, 6) is -0.452. The quantitative estimate of drug-likeness (QED) is 0.785. The molecule has 0 unspecified atom stereocenters. The molecule has 1 aromatic carbocycles. The second-order valence-corrected chi connectivity index (χ2v) is 5.41. The Hall–Kier alpha value is -1.39. The predicted octanol–water partition coefficient (Wildman–Crippen LogP) is 2.57. The van der Waals surface area contributed by atoms with E-state index in [2.05, 4.69) is 12.1 Å². The molecule has 4 nitrogen and oxygen atoms in total. The first kappa shape index (κ1) is 15.0. The van der Waals surface area contributed by atoms with Gasteiger partial charge >= 0.3 is 5.97 Å². The zero-order valence-corrected chi connectivity index (χ0v) is 11.6. The molecule has 0 atom stereocenters. The molecule has 1 fully saturated rings. The van der Waals surface area contributed by atoms with Crippen molar-refractivity contribution in [3.63, 3.8) is 0 Å². The molecule has 0 spiro atoms. The second kappa shape index (κ2) is 6.86. The molecule has 0 aliphatic heterocycles. The van der Waals surface area contributed by atoms with Gasteiger partial charge in [-0.1, -0.05) is 30.3 Å². The summed E-state index contributed by atoms with van der Waals surface area (Å²) < 4.78 is 5.60. The molecule has 20 heavy (non-hydrogen) atoms. The van der Waals surface area contributed by atoms with Gasteiger partial charge in [0.1, 0.15) is 0 Å². The Kier molecular flexibility index (Phi) is 5.15. The van der Waals surface area contributed by atoms with Crippen molar-refractivity contribution in [1.29, 1.82) is 0 Å². The number of ether oxygens (including phenoxy) is 1. The number of carboxylic acid groups (broad SMARTS) is 1. The van der Waals surface area contributed by atoms with Crippen molar-refractivity contribution in [2.24, 2.45) is 0 Å². The molecule has 0 heterocycles. The summed E-state index contributed by atoms with van der Waals surface area (Å²) >= 11 is 0. The van der Waals surface area contributed by atoms with Crippen LogP contribution in [0.4, 0.5) is 0 Å². The highest BCUT2D eigenvalue weighted by atomic mass is 16.5. The molecule has 1 aliphatic carbocycles. The van der Waals surface area contributed by atoms with E-state index in [1.54, 1.807) is 0 Å². The second-order valence-electron chi connectivity index (χ2n) is 5.41. The maximum absolute atomic E-state index is 11.5. The fourth-order valence-corrected chi connectivity index (χ4v) is 2.89. The van der Waals surface area contributed by atoms with Crippen molar-refractivity contribution in [2.45, 2.75) is 43.6 Å². The number of aliphatic hydroxyl groups excluding tert-OH is 1. The number of aliphatic hydroxyl groups is 1. The van der Waals surface area contributed by atoms with Gasteiger partial charge < -0.3 is 14.9 Å². The smallest absolute Gasteiger partial charge is 0.335 e. The number of rotatable bonds is 6. The summed E-state index contributed by atoms with van der Waals surface area (Å²) in [5.41, 5.74) is 0.224. The Balaban J connectivity index is 1.97. The van der Waals surface area contributed by atoms with Crippen molar-refractivity contribution < 1.29 is 19.7 Å². The number of carboxylic acids is 1. The number of benzene rings is 1. The molecule has 4 heteroatoms. The molecular weight excluding hydrogens is 256 g/mol. The Morgan fingerprint density at radius 2 is 1.90 bits per heavy atom. The SMILES string of the molecule is O=C(O)C1(OCCCO)CCC(c2ccccc2)CC1. The fourth-order valence-electron chi connectivity index (χ4n) is 2.89. The molecular formula is C16H22O4. The van der Waals surface area contributed by atoms with Crippen LogP contribution < -0.4 is 0 Å². The minimum atomic E-state index is -1.06. The molecule has 0 aromatic heterocycles. The van der Waals surface area contributed by atoms with Gasteiger partial charge in [-0.2, -0.15) is 0 Å². The summed E-state index contributed by atoms with van der Waals surface area (Å²) in [7, 11) is 0. The van der Waals surface area contributed by atoms with Crippen LogP contribution in [0.25, 0.3) is 0 Å². The van der Waals surface area contributed by atoms with Gasteiger partial charge in [-0.25, -0.2) is 4.79 Å². The Morgan fingerprint density at radius 3 is 2.45 bits per heavy atom. The van der Waals surface area contributed by atoms with Crippen molar-refractivity contribution in [1.82, 2.24) is 0 Å². The lowest BCUT2D eigenvalue weighted by atomic mass is 9.76. The van der Waals surface area contributed by atoms with E-state index < -0.39 is 11.6 Å². The lowest BCUT2D eigenvalue weighted by Crippen LogP contribution is -2.44. The average molecular weight is 278 g/mol. The maximum atomic E-state index is 11.5. The number of carbonyl (C=O) groups is 1. The molecule has 1 saturated carbocycles. The lowest BCUT2D eigenvalue weighted by Gasteiger charge is -2.36. The Morgan fingerprint density at radius 1 is 1.25 bits per heavy atom. The minimum absolute atomic E-state index is 0.0301. The van der Waals surface area contributed by atoms with E-state index in [4.69, 9.17) is 9.84 Å². The van der Waals surface area contributed by atoms with E-state index in [1.807, 2.05) is 18.2 Å². The largest absolute Gasteiger partial charge is 0.479 e. The first-order valence-electron chi connectivity index (χ1n) is 7.21. The summed E-state index contributed by atoms with van der Waals surface area (Å²) in [4.78, 5) is 11.5. The third-order valence-corrected chi connectivity index (χ3v) is 4.13. The van der Waals surface area contributed by atoms with E-state index >= 15 is 0 Å². The van der Waals surface area contributed by atoms with Crippen LogP contribution in [0, 0.1) is 0 Å². The fraction of sp³-hybridized carbons (Fsp3) is 0.562. The lowest BCUT2D eigenvalue weighted by molar-refractivity contribution is -0.171. The van der Waals surface area contributed by atoms with Crippen molar-refractivity contribution in [3.05, 3.63) is 35.9 Å². The predicted molar refractivity (Wildman–Crippen MR) is 75.7 cm³/mol. The molecule has 1 aromatic rings. The van der Waals surface area contributed by atoms with Crippen molar-refractivity contribution in [3.8, 4) is 0 Å². The topological polar surface area (TPSA) is 66.8 Å². The van der Waals surface area contributed by atoms with E-state index in [9.17, 15) is 9.90 Å². The maximum Gasteiger partial charge on any atom is 0.335 e. The van der Waals surface area contributed by atoms with Crippen LogP contribution in [0.15, 0.2) is 30.3 Å². The van der Waals surface area contributed by atoms with Crippen LogP contribution in [0.5, 0.6) is 0 Å². The third kappa shape index (κ3) is 3.38. The number of aliphatic carboxylic acids is 1. The standard InChI is InChI=1S/C16H22O4/c17-11-4-12-20-16(15(18)19)9-7-14(8-10-16)13-5-2-1-3-6-13/h1-3,5-6,14,17H,4,7-12H2,(H,18,19). The molecule has 0 bridgehead atoms. The highest BCUT2D eigenvalue weighted by molar-refractivity contribution is 5.77.